The Balaban J connectivity index is 1.96. The second-order valence-electron chi connectivity index (χ2n) is 3.96. The molecule has 0 fully saturated rings. The zero-order valence-corrected chi connectivity index (χ0v) is 12.3. The maximum absolute atomic E-state index is 11.7. The van der Waals surface area contributed by atoms with Crippen LogP contribution < -0.4 is 5.43 Å². The number of nitrogens with zero attached hydrogens (tertiary/aromatic N) is 1. The van der Waals surface area contributed by atoms with Crippen LogP contribution in [0.5, 0.6) is 0 Å². The highest BCUT2D eigenvalue weighted by Gasteiger charge is 2.09. The average Bonchev–Trinajstić information content (AvgIpc) is 3.06. The van der Waals surface area contributed by atoms with Crippen molar-refractivity contribution in [2.45, 2.75) is 13.3 Å². The zero-order valence-electron chi connectivity index (χ0n) is 10.6. The van der Waals surface area contributed by atoms with Crippen LogP contribution in [0.3, 0.4) is 0 Å². The maximum Gasteiger partial charge on any atom is 0.345 e. The van der Waals surface area contributed by atoms with Gasteiger partial charge >= 0.3 is 5.97 Å². The molecule has 1 amide bonds. The lowest BCUT2D eigenvalue weighted by Crippen LogP contribution is -2.20. The molecule has 0 aliphatic carbocycles. The number of carbonyl (C=O) groups excluding carboxylic acids is 1. The number of carbonyl (C=O) groups is 2. The van der Waals surface area contributed by atoms with Crippen LogP contribution in [-0.2, 0) is 11.2 Å². The molecule has 0 unspecified atom stereocenters. The smallest absolute Gasteiger partial charge is 0.345 e. The first-order chi connectivity index (χ1) is 9.56. The van der Waals surface area contributed by atoms with Gasteiger partial charge in [0.15, 0.2) is 0 Å². The lowest BCUT2D eigenvalue weighted by Gasteiger charge is -1.99. The number of thiophene rings is 2. The van der Waals surface area contributed by atoms with Crippen molar-refractivity contribution in [2.75, 3.05) is 0 Å². The zero-order chi connectivity index (χ0) is 14.5. The minimum Gasteiger partial charge on any atom is -0.477 e. The molecule has 0 aliphatic heterocycles. The molecule has 0 radical (unpaired) electrons. The van der Waals surface area contributed by atoms with Crippen molar-refractivity contribution in [3.63, 3.8) is 0 Å². The normalized spacial score (nSPS) is 11.3. The summed E-state index contributed by atoms with van der Waals surface area (Å²) in [5.41, 5.74) is 3.06. The SMILES string of the molecule is C/C(=N\NC(=O)Cc1cccs1)c1ccc(C(=O)O)s1. The number of hydrazone groups is 1. The molecule has 5 nitrogen and oxygen atoms in total. The topological polar surface area (TPSA) is 78.8 Å². The van der Waals surface area contributed by atoms with Crippen molar-refractivity contribution < 1.29 is 14.7 Å². The molecule has 2 aromatic rings. The summed E-state index contributed by atoms with van der Waals surface area (Å²) < 4.78 is 0. The molecule has 0 spiro atoms. The molecule has 0 saturated carbocycles. The minimum absolute atomic E-state index is 0.193. The van der Waals surface area contributed by atoms with Gasteiger partial charge in [0.2, 0.25) is 5.91 Å². The Morgan fingerprint density at radius 3 is 2.65 bits per heavy atom. The van der Waals surface area contributed by atoms with Gasteiger partial charge in [-0.3, -0.25) is 4.79 Å². The number of hydrogen-bond acceptors (Lipinski definition) is 5. The van der Waals surface area contributed by atoms with Crippen molar-refractivity contribution in [1.82, 2.24) is 5.43 Å². The number of nitrogens with one attached hydrogen (secondary N) is 1. The van der Waals surface area contributed by atoms with Crippen LogP contribution in [0.2, 0.25) is 0 Å². The Morgan fingerprint density at radius 1 is 1.30 bits per heavy atom. The van der Waals surface area contributed by atoms with Crippen LogP contribution in [-0.4, -0.2) is 22.7 Å². The van der Waals surface area contributed by atoms with Crippen LogP contribution in [0, 0.1) is 0 Å². The Labute approximate surface area is 123 Å². The number of carboxylic acid groups (broad SMARTS) is 1. The summed E-state index contributed by atoms with van der Waals surface area (Å²) in [5, 5.41) is 14.7. The Hall–Kier alpha value is -1.99. The van der Waals surface area contributed by atoms with Crippen LogP contribution in [0.1, 0.15) is 26.3 Å². The summed E-state index contributed by atoms with van der Waals surface area (Å²) in [6.07, 6.45) is 0.291. The van der Waals surface area contributed by atoms with Gasteiger partial charge in [-0.15, -0.1) is 22.7 Å². The lowest BCUT2D eigenvalue weighted by atomic mass is 10.3. The monoisotopic (exact) mass is 308 g/mol. The molecule has 2 aromatic heterocycles. The fraction of sp³-hybridized carbons (Fsp3) is 0.154. The Kier molecular flexibility index (Phi) is 4.65. The molecule has 104 valence electrons. The fourth-order valence-electron chi connectivity index (χ4n) is 1.46. The van der Waals surface area contributed by atoms with Gasteiger partial charge < -0.3 is 5.11 Å². The van der Waals surface area contributed by atoms with Crippen molar-refractivity contribution in [1.29, 1.82) is 0 Å². The quantitative estimate of drug-likeness (QED) is 0.658. The molecular formula is C13H12N2O3S2. The van der Waals surface area contributed by atoms with E-state index < -0.39 is 5.97 Å². The maximum atomic E-state index is 11.7. The molecular weight excluding hydrogens is 296 g/mol. The van der Waals surface area contributed by atoms with Gasteiger partial charge in [0, 0.05) is 4.88 Å². The lowest BCUT2D eigenvalue weighted by molar-refractivity contribution is -0.120. The molecule has 20 heavy (non-hydrogen) atoms. The summed E-state index contributed by atoms with van der Waals surface area (Å²) in [5.74, 6) is -1.16. The molecule has 0 atom stereocenters. The molecule has 2 rings (SSSR count). The van der Waals surface area contributed by atoms with Gasteiger partial charge in [0.25, 0.3) is 0 Å². The van der Waals surface area contributed by atoms with E-state index in [9.17, 15) is 9.59 Å². The van der Waals surface area contributed by atoms with E-state index in [1.165, 1.54) is 17.4 Å². The van der Waals surface area contributed by atoms with E-state index in [1.54, 1.807) is 13.0 Å². The van der Waals surface area contributed by atoms with Gasteiger partial charge in [-0.2, -0.15) is 5.10 Å². The third kappa shape index (κ3) is 3.75. The van der Waals surface area contributed by atoms with E-state index in [4.69, 9.17) is 5.11 Å². The van der Waals surface area contributed by atoms with E-state index in [-0.39, 0.29) is 10.8 Å². The number of rotatable bonds is 5. The highest BCUT2D eigenvalue weighted by atomic mass is 32.1. The third-order valence-electron chi connectivity index (χ3n) is 2.44. The Bertz CT molecular complexity index is 644. The highest BCUT2D eigenvalue weighted by molar-refractivity contribution is 7.15. The molecule has 0 aromatic carbocycles. The molecule has 2 heterocycles. The number of amides is 1. The third-order valence-corrected chi connectivity index (χ3v) is 4.49. The van der Waals surface area contributed by atoms with Crippen molar-refractivity contribution >= 4 is 40.3 Å². The van der Waals surface area contributed by atoms with Crippen LogP contribution >= 0.6 is 22.7 Å². The molecule has 2 N–H and O–H groups in total. The fourth-order valence-corrected chi connectivity index (χ4v) is 2.95. The summed E-state index contributed by atoms with van der Waals surface area (Å²) in [6, 6.07) is 6.98. The van der Waals surface area contributed by atoms with E-state index in [0.717, 1.165) is 21.1 Å². The van der Waals surface area contributed by atoms with E-state index >= 15 is 0 Å². The number of aromatic carboxylic acids is 1. The largest absolute Gasteiger partial charge is 0.477 e. The first-order valence-electron chi connectivity index (χ1n) is 5.75. The van der Waals surface area contributed by atoms with Crippen LogP contribution in [0.4, 0.5) is 0 Å². The molecule has 0 saturated heterocycles. The van der Waals surface area contributed by atoms with Gasteiger partial charge in [0.05, 0.1) is 17.0 Å². The minimum atomic E-state index is -0.962. The van der Waals surface area contributed by atoms with Gasteiger partial charge in [-0.1, -0.05) is 6.07 Å². The van der Waals surface area contributed by atoms with E-state index in [0.29, 0.717) is 12.1 Å². The first kappa shape index (κ1) is 14.4. The van der Waals surface area contributed by atoms with Crippen LogP contribution in [0.15, 0.2) is 34.7 Å². The van der Waals surface area contributed by atoms with Crippen LogP contribution in [0.25, 0.3) is 0 Å². The van der Waals surface area contributed by atoms with Crippen molar-refractivity contribution in [3.05, 3.63) is 44.3 Å². The van der Waals surface area contributed by atoms with E-state index in [1.807, 2.05) is 17.5 Å². The van der Waals surface area contributed by atoms with Gasteiger partial charge in [-0.25, -0.2) is 10.2 Å². The predicted molar refractivity (Wildman–Crippen MR) is 79.7 cm³/mol. The van der Waals surface area contributed by atoms with Crippen molar-refractivity contribution in [3.8, 4) is 0 Å². The summed E-state index contributed by atoms with van der Waals surface area (Å²) >= 11 is 2.64. The molecule has 0 bridgehead atoms. The highest BCUT2D eigenvalue weighted by Crippen LogP contribution is 2.17. The second kappa shape index (κ2) is 6.44. The second-order valence-corrected chi connectivity index (χ2v) is 6.07. The summed E-state index contributed by atoms with van der Waals surface area (Å²) in [6.45, 7) is 1.73. The van der Waals surface area contributed by atoms with Gasteiger partial charge in [-0.05, 0) is 30.5 Å². The Morgan fingerprint density at radius 2 is 2.05 bits per heavy atom. The predicted octanol–water partition coefficient (Wildman–Crippen LogP) is 2.59. The summed E-state index contributed by atoms with van der Waals surface area (Å²) in [4.78, 5) is 24.4. The number of hydrogen-bond donors (Lipinski definition) is 2. The first-order valence-corrected chi connectivity index (χ1v) is 7.45. The number of carboxylic acids is 1. The average molecular weight is 308 g/mol. The molecule has 7 heteroatoms. The standard InChI is InChI=1S/C13H12N2O3S2/c1-8(10-4-5-11(20-10)13(17)18)14-15-12(16)7-9-3-2-6-19-9/h2-6H,7H2,1H3,(H,15,16)(H,17,18)/b14-8+. The van der Waals surface area contributed by atoms with E-state index in [2.05, 4.69) is 10.5 Å². The van der Waals surface area contributed by atoms with Crippen molar-refractivity contribution in [2.24, 2.45) is 5.10 Å². The molecule has 0 aliphatic rings. The summed E-state index contributed by atoms with van der Waals surface area (Å²) in [7, 11) is 0. The van der Waals surface area contributed by atoms with Gasteiger partial charge in [0.1, 0.15) is 4.88 Å².